The Morgan fingerprint density at radius 1 is 1.17 bits per heavy atom. The van der Waals surface area contributed by atoms with Crippen molar-refractivity contribution < 1.29 is 28.3 Å². The Kier molecular flexibility index (Phi) is 6.90. The predicted octanol–water partition coefficient (Wildman–Crippen LogP) is 3.60. The summed E-state index contributed by atoms with van der Waals surface area (Å²) in [6.45, 7) is 0.544. The van der Waals surface area contributed by atoms with Gasteiger partial charge >= 0.3 is 0 Å². The molecule has 0 unspecified atom stereocenters. The van der Waals surface area contributed by atoms with E-state index in [4.69, 9.17) is 0 Å². The van der Waals surface area contributed by atoms with Crippen molar-refractivity contribution in [3.63, 3.8) is 0 Å². The van der Waals surface area contributed by atoms with Crippen molar-refractivity contribution in [2.45, 2.75) is 68.2 Å². The first-order valence-corrected chi connectivity index (χ1v) is 14.7. The van der Waals surface area contributed by atoms with Crippen LogP contribution in [0.3, 0.4) is 0 Å². The number of aliphatic hydroxyl groups is 1. The molecule has 11 heteroatoms. The van der Waals surface area contributed by atoms with Crippen LogP contribution >= 0.6 is 15.9 Å². The van der Waals surface area contributed by atoms with Crippen molar-refractivity contribution in [3.05, 3.63) is 58.1 Å². The number of carbonyl (C=O) groups excluding carboxylic acids is 3. The Hall–Kier alpha value is -3.36. The highest BCUT2D eigenvalue weighted by Gasteiger charge is 2.63. The molecule has 2 bridgehead atoms. The molecular formula is C30H29BrF2N4O4. The number of rotatable bonds is 5. The van der Waals surface area contributed by atoms with E-state index in [1.165, 1.54) is 0 Å². The zero-order chi connectivity index (χ0) is 29.1. The molecule has 3 amide bonds. The van der Waals surface area contributed by atoms with Gasteiger partial charge in [0.1, 0.15) is 12.1 Å². The van der Waals surface area contributed by atoms with Gasteiger partial charge in [0, 0.05) is 40.5 Å². The Morgan fingerprint density at radius 2 is 1.93 bits per heavy atom. The Morgan fingerprint density at radius 3 is 2.66 bits per heavy atom. The minimum atomic E-state index is -3.20. The second kappa shape index (κ2) is 10.2. The van der Waals surface area contributed by atoms with Crippen molar-refractivity contribution in [3.8, 4) is 17.2 Å². The van der Waals surface area contributed by atoms with Crippen molar-refractivity contribution in [2.24, 2.45) is 11.8 Å². The molecule has 7 rings (SSSR count). The lowest BCUT2D eigenvalue weighted by Crippen LogP contribution is -2.70. The Bertz CT molecular complexity index is 1480. The van der Waals surface area contributed by atoms with Crippen LogP contribution in [-0.4, -0.2) is 58.3 Å². The molecule has 3 heterocycles. The zero-order valence-corrected chi connectivity index (χ0v) is 23.7. The molecule has 0 radical (unpaired) electrons. The van der Waals surface area contributed by atoms with Gasteiger partial charge in [0.2, 0.25) is 11.8 Å². The van der Waals surface area contributed by atoms with Gasteiger partial charge < -0.3 is 20.6 Å². The SMILES string of the molecule is N#C[C@H](C[C@H]1CCCNC1=O)NC(=O)[C@H]1[C@H]2CC[C@H](CC2(F)F)N1C(=O)[C@@]1(O)c2ccccc2-c2ccc(Br)cc21. The lowest BCUT2D eigenvalue weighted by Gasteiger charge is -2.54. The number of halogens is 3. The molecule has 3 saturated heterocycles. The van der Waals surface area contributed by atoms with Gasteiger partial charge in [-0.25, -0.2) is 8.78 Å². The van der Waals surface area contributed by atoms with E-state index < -0.39 is 59.7 Å². The third-order valence-corrected chi connectivity index (χ3v) is 9.61. The van der Waals surface area contributed by atoms with E-state index >= 15 is 8.78 Å². The van der Waals surface area contributed by atoms with Crippen LogP contribution < -0.4 is 10.6 Å². The lowest BCUT2D eigenvalue weighted by atomic mass is 9.70. The normalized spacial score (nSPS) is 30.0. The van der Waals surface area contributed by atoms with Crippen LogP contribution in [0.25, 0.3) is 11.1 Å². The molecule has 41 heavy (non-hydrogen) atoms. The number of nitrogens with one attached hydrogen (secondary N) is 2. The third-order valence-electron chi connectivity index (χ3n) is 9.12. The smallest absolute Gasteiger partial charge is 0.264 e. The van der Waals surface area contributed by atoms with Gasteiger partial charge in [-0.05, 0) is 55.4 Å². The van der Waals surface area contributed by atoms with Crippen LogP contribution in [0.1, 0.15) is 49.7 Å². The molecule has 2 aromatic carbocycles. The van der Waals surface area contributed by atoms with Gasteiger partial charge in [-0.15, -0.1) is 0 Å². The number of carbonyl (C=O) groups is 3. The number of alkyl halides is 2. The Labute approximate surface area is 244 Å². The highest BCUT2D eigenvalue weighted by Crippen LogP contribution is 2.54. The number of amides is 3. The van der Waals surface area contributed by atoms with Gasteiger partial charge in [-0.3, -0.25) is 14.4 Å². The fourth-order valence-corrected chi connectivity index (χ4v) is 7.55. The van der Waals surface area contributed by atoms with E-state index in [9.17, 15) is 24.8 Å². The largest absolute Gasteiger partial charge is 0.372 e. The number of nitrogens with zero attached hydrogens (tertiary/aromatic N) is 2. The zero-order valence-electron chi connectivity index (χ0n) is 22.1. The number of fused-ring (bicyclic) bond motifs is 6. The van der Waals surface area contributed by atoms with Crippen molar-refractivity contribution >= 4 is 33.7 Å². The van der Waals surface area contributed by atoms with E-state index in [1.807, 2.05) is 6.07 Å². The fourth-order valence-electron chi connectivity index (χ4n) is 7.19. The summed E-state index contributed by atoms with van der Waals surface area (Å²) in [5.41, 5.74) is -0.277. The lowest BCUT2D eigenvalue weighted by molar-refractivity contribution is -0.201. The second-order valence-electron chi connectivity index (χ2n) is 11.5. The van der Waals surface area contributed by atoms with E-state index in [0.717, 1.165) is 11.3 Å². The van der Waals surface area contributed by atoms with E-state index in [-0.39, 0.29) is 25.2 Å². The molecule has 6 atom stereocenters. The molecule has 214 valence electrons. The number of hydrogen-bond acceptors (Lipinski definition) is 5. The molecule has 5 aliphatic rings. The maximum absolute atomic E-state index is 15.3. The molecule has 4 fully saturated rings. The average Bonchev–Trinajstić information content (AvgIpc) is 3.21. The van der Waals surface area contributed by atoms with Crippen LogP contribution in [-0.2, 0) is 20.0 Å². The first-order chi connectivity index (χ1) is 19.6. The molecule has 1 saturated carbocycles. The van der Waals surface area contributed by atoms with Crippen molar-refractivity contribution in [2.75, 3.05) is 6.54 Å². The monoisotopic (exact) mass is 626 g/mol. The molecular weight excluding hydrogens is 598 g/mol. The molecule has 0 spiro atoms. The molecule has 3 N–H and O–H groups in total. The number of hydrogen-bond donors (Lipinski definition) is 3. The summed E-state index contributed by atoms with van der Waals surface area (Å²) in [6.07, 6.45) is 1.01. The minimum Gasteiger partial charge on any atom is -0.372 e. The molecule has 2 aromatic rings. The molecule has 2 aliphatic carbocycles. The highest BCUT2D eigenvalue weighted by molar-refractivity contribution is 9.10. The summed E-state index contributed by atoms with van der Waals surface area (Å²) in [5.74, 6) is -7.09. The molecule has 3 aliphatic heterocycles. The minimum absolute atomic E-state index is 0.0267. The summed E-state index contributed by atoms with van der Waals surface area (Å²) in [4.78, 5) is 41.7. The highest BCUT2D eigenvalue weighted by atomic mass is 79.9. The van der Waals surface area contributed by atoms with E-state index in [1.54, 1.807) is 42.5 Å². The maximum atomic E-state index is 15.3. The number of piperidine rings is 3. The van der Waals surface area contributed by atoms with Crippen LogP contribution in [0.2, 0.25) is 0 Å². The number of benzene rings is 2. The van der Waals surface area contributed by atoms with E-state index in [0.29, 0.717) is 39.7 Å². The third kappa shape index (κ3) is 4.43. The summed E-state index contributed by atoms with van der Waals surface area (Å²) in [7, 11) is 0. The average molecular weight is 627 g/mol. The van der Waals surface area contributed by atoms with Crippen molar-refractivity contribution in [1.82, 2.24) is 15.5 Å². The van der Waals surface area contributed by atoms with Crippen LogP contribution in [0.5, 0.6) is 0 Å². The molecule has 8 nitrogen and oxygen atoms in total. The summed E-state index contributed by atoms with van der Waals surface area (Å²) in [5, 5.41) is 27.3. The molecule has 0 aromatic heterocycles. The van der Waals surface area contributed by atoms with Gasteiger partial charge in [-0.2, -0.15) is 5.26 Å². The van der Waals surface area contributed by atoms with E-state index in [2.05, 4.69) is 26.6 Å². The second-order valence-corrected chi connectivity index (χ2v) is 12.4. The number of nitriles is 1. The summed E-state index contributed by atoms with van der Waals surface area (Å²) < 4.78 is 31.2. The summed E-state index contributed by atoms with van der Waals surface area (Å²) in [6, 6.07) is 10.4. The van der Waals surface area contributed by atoms with Gasteiger partial charge in [0.25, 0.3) is 11.8 Å². The van der Waals surface area contributed by atoms with Gasteiger partial charge in [0.15, 0.2) is 5.60 Å². The predicted molar refractivity (Wildman–Crippen MR) is 147 cm³/mol. The van der Waals surface area contributed by atoms with Crippen LogP contribution in [0.15, 0.2) is 46.9 Å². The Balaban J connectivity index is 1.36. The topological polar surface area (TPSA) is 123 Å². The van der Waals surface area contributed by atoms with Crippen LogP contribution in [0.4, 0.5) is 8.78 Å². The first kappa shape index (κ1) is 27.8. The standard InChI is InChI=1S/C30H29BrF2N4O4/c31-17-7-9-21-20-5-1-2-6-22(20)30(41,24(21)13-17)28(40)37-19-8-10-23(29(32,33)14-19)25(37)27(39)36-18(15-34)12-16-4-3-11-35-26(16)38/h1-2,5-7,9,13,16,18-19,23,25,41H,3-4,8,10-12,14H2,(H,35,38)(H,36,39)/t16-,18+,19-,23-,25-,30-/m1/s1. The first-order valence-electron chi connectivity index (χ1n) is 13.9. The quantitative estimate of drug-likeness (QED) is 0.468. The fraction of sp³-hybridized carbons (Fsp3) is 0.467. The van der Waals surface area contributed by atoms with Gasteiger partial charge in [-0.1, -0.05) is 46.3 Å². The summed E-state index contributed by atoms with van der Waals surface area (Å²) >= 11 is 3.41. The maximum Gasteiger partial charge on any atom is 0.264 e. The van der Waals surface area contributed by atoms with Crippen LogP contribution in [0, 0.1) is 23.2 Å². The van der Waals surface area contributed by atoms with Gasteiger partial charge in [0.05, 0.1) is 12.0 Å². The van der Waals surface area contributed by atoms with Crippen molar-refractivity contribution in [1.29, 1.82) is 5.26 Å².